The number of rotatable bonds is 4. The fraction of sp³-hybridized carbons (Fsp3) is 0.389. The Morgan fingerprint density at radius 1 is 1.40 bits per heavy atom. The van der Waals surface area contributed by atoms with Gasteiger partial charge in [0, 0.05) is 18.6 Å². The van der Waals surface area contributed by atoms with E-state index in [1.165, 1.54) is 0 Å². The van der Waals surface area contributed by atoms with E-state index in [1.54, 1.807) is 15.6 Å². The second kappa shape index (κ2) is 6.00. The first kappa shape index (κ1) is 15.8. The van der Waals surface area contributed by atoms with Crippen LogP contribution in [0.3, 0.4) is 0 Å². The molecule has 2 aromatic heterocycles. The van der Waals surface area contributed by atoms with Crippen LogP contribution in [-0.4, -0.2) is 42.7 Å². The van der Waals surface area contributed by atoms with E-state index < -0.39 is 6.10 Å². The van der Waals surface area contributed by atoms with Crippen molar-refractivity contribution in [3.63, 3.8) is 0 Å². The summed E-state index contributed by atoms with van der Waals surface area (Å²) in [5.41, 5.74) is 2.81. The van der Waals surface area contributed by atoms with Gasteiger partial charge in [-0.25, -0.2) is 0 Å². The molecule has 1 aliphatic carbocycles. The Balaban J connectivity index is 1.47. The molecular weight excluding hydrogens is 318 g/mol. The molecule has 2 N–H and O–H groups in total. The van der Waals surface area contributed by atoms with E-state index in [2.05, 4.69) is 15.5 Å². The Labute approximate surface area is 145 Å². The number of nitrogens with zero attached hydrogens (tertiary/aromatic N) is 4. The number of carbonyl (C=O) groups excluding carboxylic acids is 1. The van der Waals surface area contributed by atoms with Crippen molar-refractivity contribution < 1.29 is 9.90 Å². The predicted molar refractivity (Wildman–Crippen MR) is 93.0 cm³/mol. The topological polar surface area (TPSA) is 85.0 Å². The molecule has 7 heteroatoms. The van der Waals surface area contributed by atoms with Gasteiger partial charge < -0.3 is 10.4 Å². The Kier molecular flexibility index (Phi) is 3.80. The van der Waals surface area contributed by atoms with Crippen molar-refractivity contribution in [2.45, 2.75) is 38.0 Å². The number of aliphatic hydroxyl groups excluding tert-OH is 1. The molecule has 1 aromatic carbocycles. The summed E-state index contributed by atoms with van der Waals surface area (Å²) in [5.74, 6) is -0.0883. The van der Waals surface area contributed by atoms with E-state index in [4.69, 9.17) is 0 Å². The molecule has 25 heavy (non-hydrogen) atoms. The van der Waals surface area contributed by atoms with Gasteiger partial charge in [-0.05, 0) is 25.0 Å². The molecule has 2 heterocycles. The van der Waals surface area contributed by atoms with Crippen molar-refractivity contribution in [1.29, 1.82) is 0 Å². The first-order valence-electron chi connectivity index (χ1n) is 8.41. The number of carbonyl (C=O) groups is 1. The first-order chi connectivity index (χ1) is 12.0. The zero-order valence-corrected chi connectivity index (χ0v) is 14.3. The molecular formula is C18H21N5O2. The lowest BCUT2D eigenvalue weighted by Gasteiger charge is -2.41. The summed E-state index contributed by atoms with van der Waals surface area (Å²) in [5, 5.41) is 22.8. The van der Waals surface area contributed by atoms with Crippen LogP contribution >= 0.6 is 0 Å². The lowest BCUT2D eigenvalue weighted by atomic mass is 9.83. The summed E-state index contributed by atoms with van der Waals surface area (Å²) < 4.78 is 3.53. The predicted octanol–water partition coefficient (Wildman–Crippen LogP) is 1.11. The fourth-order valence-electron chi connectivity index (χ4n) is 3.54. The maximum atomic E-state index is 12.5. The summed E-state index contributed by atoms with van der Waals surface area (Å²) in [4.78, 5) is 12.5. The molecule has 3 aromatic rings. The molecule has 130 valence electrons. The van der Waals surface area contributed by atoms with Crippen molar-refractivity contribution in [1.82, 2.24) is 24.9 Å². The van der Waals surface area contributed by atoms with Crippen molar-refractivity contribution in [3.8, 4) is 0 Å². The van der Waals surface area contributed by atoms with Crippen LogP contribution in [0.1, 0.15) is 23.7 Å². The van der Waals surface area contributed by atoms with Gasteiger partial charge in [-0.1, -0.05) is 18.2 Å². The minimum absolute atomic E-state index is 0.0883. The number of para-hydroxylation sites is 1. The van der Waals surface area contributed by atoms with E-state index in [0.717, 1.165) is 22.2 Å². The lowest BCUT2D eigenvalue weighted by Crippen LogP contribution is -2.56. The van der Waals surface area contributed by atoms with Gasteiger partial charge in [0.1, 0.15) is 0 Å². The van der Waals surface area contributed by atoms with Crippen LogP contribution in [0.4, 0.5) is 0 Å². The Bertz CT molecular complexity index is 929. The van der Waals surface area contributed by atoms with Crippen LogP contribution in [0.15, 0.2) is 36.7 Å². The van der Waals surface area contributed by atoms with Gasteiger partial charge in [-0.2, -0.15) is 10.2 Å². The Morgan fingerprint density at radius 2 is 2.20 bits per heavy atom. The number of aromatic nitrogens is 4. The van der Waals surface area contributed by atoms with E-state index in [-0.39, 0.29) is 24.4 Å². The maximum absolute atomic E-state index is 12.5. The monoisotopic (exact) mass is 339 g/mol. The van der Waals surface area contributed by atoms with Gasteiger partial charge in [0.25, 0.3) is 0 Å². The summed E-state index contributed by atoms with van der Waals surface area (Å²) in [6.07, 6.45) is 3.92. The summed E-state index contributed by atoms with van der Waals surface area (Å²) >= 11 is 0. The number of nitrogens with one attached hydrogen (secondary N) is 1. The number of hydrogen-bond donors (Lipinski definition) is 2. The van der Waals surface area contributed by atoms with Crippen molar-refractivity contribution >= 4 is 16.8 Å². The molecule has 1 amide bonds. The number of hydrogen-bond acceptors (Lipinski definition) is 4. The van der Waals surface area contributed by atoms with Crippen LogP contribution in [-0.2, 0) is 18.3 Å². The Morgan fingerprint density at radius 3 is 2.92 bits per heavy atom. The normalized spacial score (nSPS) is 22.8. The number of aryl methyl sites for hydroxylation is 2. The van der Waals surface area contributed by atoms with Gasteiger partial charge in [0.05, 0.1) is 42.0 Å². The van der Waals surface area contributed by atoms with Crippen LogP contribution in [0.25, 0.3) is 10.9 Å². The van der Waals surface area contributed by atoms with Crippen LogP contribution in [0.5, 0.6) is 0 Å². The standard InChI is InChI=1S/C18H21N5O2/c1-11-9-19-23(10-11)18-14(7-16(18)24)20-17(25)8-13-12-5-3-4-6-15(12)22(2)21-13/h3-6,9-10,14,16,18,24H,7-8H2,1-2H3,(H,20,25)/t14-,16+,18+/m0/s1. The minimum atomic E-state index is -0.486. The highest BCUT2D eigenvalue weighted by molar-refractivity contribution is 5.87. The van der Waals surface area contributed by atoms with E-state index in [1.807, 2.05) is 44.4 Å². The number of amides is 1. The molecule has 1 aliphatic rings. The molecule has 0 radical (unpaired) electrons. The third-order valence-electron chi connectivity index (χ3n) is 4.85. The zero-order valence-electron chi connectivity index (χ0n) is 14.3. The third-order valence-corrected chi connectivity index (χ3v) is 4.85. The molecule has 0 bridgehead atoms. The minimum Gasteiger partial charge on any atom is -0.391 e. The molecule has 0 unspecified atom stereocenters. The van der Waals surface area contributed by atoms with Crippen molar-refractivity contribution in [2.24, 2.45) is 7.05 Å². The van der Waals surface area contributed by atoms with E-state index >= 15 is 0 Å². The molecule has 3 atom stereocenters. The van der Waals surface area contributed by atoms with Crippen LogP contribution < -0.4 is 5.32 Å². The highest BCUT2D eigenvalue weighted by atomic mass is 16.3. The summed E-state index contributed by atoms with van der Waals surface area (Å²) in [7, 11) is 1.88. The largest absolute Gasteiger partial charge is 0.391 e. The number of aliphatic hydroxyl groups is 1. The first-order valence-corrected chi connectivity index (χ1v) is 8.41. The van der Waals surface area contributed by atoms with Crippen LogP contribution in [0.2, 0.25) is 0 Å². The van der Waals surface area contributed by atoms with Gasteiger partial charge in [-0.3, -0.25) is 14.2 Å². The highest BCUT2D eigenvalue weighted by Gasteiger charge is 2.42. The number of fused-ring (bicyclic) bond motifs is 1. The van der Waals surface area contributed by atoms with Gasteiger partial charge >= 0.3 is 0 Å². The van der Waals surface area contributed by atoms with E-state index in [9.17, 15) is 9.90 Å². The van der Waals surface area contributed by atoms with Crippen molar-refractivity contribution in [3.05, 3.63) is 47.9 Å². The molecule has 7 nitrogen and oxygen atoms in total. The molecule has 1 saturated carbocycles. The average molecular weight is 339 g/mol. The molecule has 0 aliphatic heterocycles. The molecule has 0 spiro atoms. The quantitative estimate of drug-likeness (QED) is 0.746. The van der Waals surface area contributed by atoms with Crippen molar-refractivity contribution in [2.75, 3.05) is 0 Å². The third kappa shape index (κ3) is 2.80. The lowest BCUT2D eigenvalue weighted by molar-refractivity contribution is -0.124. The summed E-state index contributed by atoms with van der Waals surface area (Å²) in [6, 6.07) is 7.55. The second-order valence-electron chi connectivity index (χ2n) is 6.73. The molecule has 1 fully saturated rings. The fourth-order valence-corrected chi connectivity index (χ4v) is 3.54. The Hall–Kier alpha value is -2.67. The van der Waals surface area contributed by atoms with Gasteiger partial charge in [-0.15, -0.1) is 0 Å². The zero-order chi connectivity index (χ0) is 17.6. The smallest absolute Gasteiger partial charge is 0.226 e. The average Bonchev–Trinajstić information content (AvgIpc) is 3.11. The molecule has 4 rings (SSSR count). The summed E-state index contributed by atoms with van der Waals surface area (Å²) in [6.45, 7) is 1.95. The SMILES string of the molecule is Cc1cnn([C@H]2[C@H](O)C[C@@H]2NC(=O)Cc2nn(C)c3ccccc23)c1. The van der Waals surface area contributed by atoms with E-state index in [0.29, 0.717) is 6.42 Å². The molecule has 0 saturated heterocycles. The van der Waals surface area contributed by atoms with Gasteiger partial charge in [0.2, 0.25) is 5.91 Å². The maximum Gasteiger partial charge on any atom is 0.226 e. The van der Waals surface area contributed by atoms with Gasteiger partial charge in [0.15, 0.2) is 0 Å². The van der Waals surface area contributed by atoms with Crippen LogP contribution in [0, 0.1) is 6.92 Å². The number of benzene rings is 1. The second-order valence-corrected chi connectivity index (χ2v) is 6.73. The highest BCUT2D eigenvalue weighted by Crippen LogP contribution is 2.32.